The fourth-order valence-electron chi connectivity index (χ4n) is 3.66. The molecule has 128 valence electrons. The summed E-state index contributed by atoms with van der Waals surface area (Å²) in [6.07, 6.45) is 3.73. The van der Waals surface area contributed by atoms with Gasteiger partial charge in [0.15, 0.2) is 0 Å². The van der Waals surface area contributed by atoms with Crippen LogP contribution in [-0.4, -0.2) is 5.06 Å². The highest BCUT2D eigenvalue weighted by Gasteiger charge is 2.30. The molecule has 0 amide bonds. The fourth-order valence-corrected chi connectivity index (χ4v) is 3.66. The number of fused-ring (bicyclic) bond motifs is 2. The molecule has 0 saturated carbocycles. The van der Waals surface area contributed by atoms with Crippen molar-refractivity contribution in [1.29, 1.82) is 0 Å². The Bertz CT molecular complexity index is 1120. The van der Waals surface area contributed by atoms with E-state index in [2.05, 4.69) is 48.5 Å². The zero-order valence-corrected chi connectivity index (χ0v) is 14.1. The zero-order valence-electron chi connectivity index (χ0n) is 14.1. The minimum absolute atomic E-state index is 0.0855. The molecule has 0 fully saturated rings. The number of nitrogens with two attached hydrogens (primary N) is 1. The van der Waals surface area contributed by atoms with Gasteiger partial charge < -0.3 is 15.0 Å². The monoisotopic (exact) mass is 342 g/mol. The van der Waals surface area contributed by atoms with E-state index in [-0.39, 0.29) is 6.04 Å². The van der Waals surface area contributed by atoms with Crippen LogP contribution in [-0.2, 0) is 11.4 Å². The van der Waals surface area contributed by atoms with Crippen LogP contribution in [0.2, 0.25) is 0 Å². The lowest BCUT2D eigenvalue weighted by Gasteiger charge is -2.23. The molecule has 1 atom stereocenters. The van der Waals surface area contributed by atoms with Crippen molar-refractivity contribution in [1.82, 2.24) is 5.06 Å². The maximum absolute atomic E-state index is 6.00. The van der Waals surface area contributed by atoms with Crippen LogP contribution in [0.4, 0.5) is 0 Å². The predicted molar refractivity (Wildman–Crippen MR) is 102 cm³/mol. The smallest absolute Gasteiger partial charge is 0.207 e. The van der Waals surface area contributed by atoms with Gasteiger partial charge in [0.05, 0.1) is 18.8 Å². The summed E-state index contributed by atoms with van der Waals surface area (Å²) >= 11 is 0. The largest absolute Gasteiger partial charge is 0.464 e. The van der Waals surface area contributed by atoms with Gasteiger partial charge in [0.25, 0.3) is 0 Å². The molecule has 0 aliphatic carbocycles. The van der Waals surface area contributed by atoms with Gasteiger partial charge in [0, 0.05) is 17.0 Å². The first-order valence-corrected chi connectivity index (χ1v) is 8.64. The van der Waals surface area contributed by atoms with Gasteiger partial charge in [-0.25, -0.2) is 0 Å². The summed E-state index contributed by atoms with van der Waals surface area (Å²) < 4.78 is 5.71. The third-order valence-corrected chi connectivity index (χ3v) is 4.89. The number of para-hydroxylation sites is 1. The van der Waals surface area contributed by atoms with Crippen LogP contribution in [0.15, 0.2) is 89.4 Å². The minimum atomic E-state index is -0.0855. The molecule has 4 aromatic rings. The van der Waals surface area contributed by atoms with Crippen molar-refractivity contribution in [3.8, 4) is 0 Å². The molecule has 4 nitrogen and oxygen atoms in total. The van der Waals surface area contributed by atoms with E-state index in [1.165, 1.54) is 16.3 Å². The molecule has 2 heterocycles. The zero-order chi connectivity index (χ0) is 17.5. The van der Waals surface area contributed by atoms with E-state index in [4.69, 9.17) is 15.0 Å². The van der Waals surface area contributed by atoms with E-state index in [9.17, 15) is 0 Å². The molecule has 4 heteroatoms. The first kappa shape index (κ1) is 15.0. The number of hydroxylamine groups is 2. The minimum Gasteiger partial charge on any atom is -0.464 e. The number of hydrogen-bond donors (Lipinski definition) is 1. The second-order valence-corrected chi connectivity index (χ2v) is 6.51. The Kier molecular flexibility index (Phi) is 3.43. The lowest BCUT2D eigenvalue weighted by molar-refractivity contribution is -0.127. The predicted octanol–water partition coefficient (Wildman–Crippen LogP) is 4.87. The summed E-state index contributed by atoms with van der Waals surface area (Å²) in [6.45, 7) is 0.628. The second-order valence-electron chi connectivity index (χ2n) is 6.51. The molecular formula is C22H18N2O2. The molecule has 0 spiro atoms. The third kappa shape index (κ3) is 2.43. The van der Waals surface area contributed by atoms with Gasteiger partial charge in [-0.05, 0) is 22.4 Å². The van der Waals surface area contributed by atoms with Crippen molar-refractivity contribution < 1.29 is 9.25 Å². The maximum atomic E-state index is 6.00. The Morgan fingerprint density at radius 1 is 0.885 bits per heavy atom. The third-order valence-electron chi connectivity index (χ3n) is 4.89. The normalized spacial score (nSPS) is 17.5. The first-order valence-electron chi connectivity index (χ1n) is 8.64. The molecule has 1 unspecified atom stereocenters. The van der Waals surface area contributed by atoms with Crippen molar-refractivity contribution in [3.63, 3.8) is 0 Å². The lowest BCUT2D eigenvalue weighted by atomic mass is 10.0. The highest BCUT2D eigenvalue weighted by atomic mass is 16.7. The standard InChI is InChI=1S/C22H18N2O2/c23-22-12-20(19-14-25-21-11-4-3-10-18(19)21)24(26-22)13-16-8-5-7-15-6-1-2-9-17(15)16/h1-12,14,20H,13,23H2. The molecule has 1 aliphatic rings. The van der Waals surface area contributed by atoms with E-state index in [1.54, 1.807) is 6.26 Å². The summed E-state index contributed by atoms with van der Waals surface area (Å²) in [5.74, 6) is 0.417. The Balaban J connectivity index is 1.54. The SMILES string of the molecule is NC1=CC(c2coc3ccccc23)N(Cc2cccc3ccccc23)O1. The quantitative estimate of drug-likeness (QED) is 0.577. The number of nitrogens with zero attached hydrogens (tertiary/aromatic N) is 1. The number of hydrogen-bond acceptors (Lipinski definition) is 4. The van der Waals surface area contributed by atoms with Crippen molar-refractivity contribution in [2.24, 2.45) is 5.73 Å². The van der Waals surface area contributed by atoms with Gasteiger partial charge in [-0.3, -0.25) is 0 Å². The number of furan rings is 1. The van der Waals surface area contributed by atoms with Crippen LogP contribution in [0, 0.1) is 0 Å². The van der Waals surface area contributed by atoms with Crippen LogP contribution in [0.5, 0.6) is 0 Å². The van der Waals surface area contributed by atoms with Crippen molar-refractivity contribution in [2.45, 2.75) is 12.6 Å². The molecule has 1 aromatic heterocycles. The molecule has 0 saturated heterocycles. The van der Waals surface area contributed by atoms with E-state index in [0.717, 1.165) is 16.5 Å². The number of rotatable bonds is 3. The highest BCUT2D eigenvalue weighted by molar-refractivity contribution is 5.85. The van der Waals surface area contributed by atoms with Crippen LogP contribution in [0.3, 0.4) is 0 Å². The Morgan fingerprint density at radius 3 is 2.58 bits per heavy atom. The van der Waals surface area contributed by atoms with Gasteiger partial charge in [-0.15, -0.1) is 5.06 Å². The topological polar surface area (TPSA) is 51.6 Å². The second kappa shape index (κ2) is 5.93. The Hall–Kier alpha value is -3.24. The van der Waals surface area contributed by atoms with Crippen LogP contribution in [0.25, 0.3) is 21.7 Å². The van der Waals surface area contributed by atoms with Crippen LogP contribution < -0.4 is 5.73 Å². The first-order chi connectivity index (χ1) is 12.8. The van der Waals surface area contributed by atoms with Crippen molar-refractivity contribution >= 4 is 21.7 Å². The molecular weight excluding hydrogens is 324 g/mol. The molecule has 0 radical (unpaired) electrons. The molecule has 5 rings (SSSR count). The molecule has 26 heavy (non-hydrogen) atoms. The van der Waals surface area contributed by atoms with E-state index < -0.39 is 0 Å². The average molecular weight is 342 g/mol. The van der Waals surface area contributed by atoms with Crippen LogP contribution in [0.1, 0.15) is 17.2 Å². The highest BCUT2D eigenvalue weighted by Crippen LogP contribution is 2.36. The van der Waals surface area contributed by atoms with E-state index >= 15 is 0 Å². The van der Waals surface area contributed by atoms with Gasteiger partial charge in [0.2, 0.25) is 5.88 Å². The Morgan fingerprint density at radius 2 is 1.65 bits per heavy atom. The van der Waals surface area contributed by atoms with E-state index in [0.29, 0.717) is 12.4 Å². The maximum Gasteiger partial charge on any atom is 0.207 e. The summed E-state index contributed by atoms with van der Waals surface area (Å²) in [7, 11) is 0. The number of benzene rings is 3. The van der Waals surface area contributed by atoms with Gasteiger partial charge >= 0.3 is 0 Å². The average Bonchev–Trinajstić information content (AvgIpc) is 3.25. The Labute approximate surface area is 151 Å². The summed E-state index contributed by atoms with van der Waals surface area (Å²) in [5.41, 5.74) is 9.12. The molecule has 2 N–H and O–H groups in total. The fraction of sp³-hybridized carbons (Fsp3) is 0.0909. The summed E-state index contributed by atoms with van der Waals surface area (Å²) in [4.78, 5) is 5.83. The molecule has 1 aliphatic heterocycles. The van der Waals surface area contributed by atoms with Gasteiger partial charge in [0.1, 0.15) is 5.58 Å². The molecule has 3 aromatic carbocycles. The van der Waals surface area contributed by atoms with E-state index in [1.807, 2.05) is 29.3 Å². The van der Waals surface area contributed by atoms with Gasteiger partial charge in [-0.1, -0.05) is 60.7 Å². The van der Waals surface area contributed by atoms with Crippen molar-refractivity contribution in [2.75, 3.05) is 0 Å². The van der Waals surface area contributed by atoms with Crippen LogP contribution >= 0.6 is 0 Å². The van der Waals surface area contributed by atoms with Gasteiger partial charge in [-0.2, -0.15) is 0 Å². The lowest BCUT2D eigenvalue weighted by Crippen LogP contribution is -2.23. The molecule has 0 bridgehead atoms. The summed E-state index contributed by atoms with van der Waals surface area (Å²) in [6, 6.07) is 22.6. The van der Waals surface area contributed by atoms with Crippen molar-refractivity contribution in [3.05, 3.63) is 96.1 Å². The summed E-state index contributed by atoms with van der Waals surface area (Å²) in [5, 5.41) is 5.43.